The SMILES string of the molecule is NC(N)=NCCCC(N)C(=O)NC(Cc1cnc[nH]1)C(=O)NC(CCC(=O)O)C(=O)NCC(=O)O. The largest absolute Gasteiger partial charge is 0.481 e. The van der Waals surface area contributed by atoms with Crippen LogP contribution in [0.5, 0.6) is 0 Å². The van der Waals surface area contributed by atoms with Crippen molar-refractivity contribution in [3.8, 4) is 0 Å². The maximum absolute atomic E-state index is 13.0. The summed E-state index contributed by atoms with van der Waals surface area (Å²) in [4.78, 5) is 70.0. The van der Waals surface area contributed by atoms with Gasteiger partial charge in [-0.3, -0.25) is 29.0 Å². The number of aliphatic carboxylic acids is 2. The number of nitrogens with zero attached hydrogens (tertiary/aromatic N) is 2. The molecule has 3 atom stereocenters. The summed E-state index contributed by atoms with van der Waals surface area (Å²) in [5.74, 6) is -4.97. The van der Waals surface area contributed by atoms with Gasteiger partial charge in [0.05, 0.1) is 12.4 Å². The van der Waals surface area contributed by atoms with Gasteiger partial charge in [-0.1, -0.05) is 0 Å². The first-order valence-electron chi connectivity index (χ1n) is 10.6. The molecule has 35 heavy (non-hydrogen) atoms. The third-order valence-corrected chi connectivity index (χ3v) is 4.61. The number of nitrogens with two attached hydrogens (primary N) is 3. The first-order valence-corrected chi connectivity index (χ1v) is 10.6. The number of aliphatic imine (C=N–C) groups is 1. The molecule has 0 aliphatic carbocycles. The van der Waals surface area contributed by atoms with Crippen LogP contribution in [0.15, 0.2) is 17.5 Å². The zero-order chi connectivity index (χ0) is 26.4. The first-order chi connectivity index (χ1) is 16.5. The van der Waals surface area contributed by atoms with Gasteiger partial charge in [0.15, 0.2) is 5.96 Å². The Morgan fingerprint density at radius 2 is 1.69 bits per heavy atom. The lowest BCUT2D eigenvalue weighted by atomic mass is 10.1. The second-order valence-corrected chi connectivity index (χ2v) is 7.50. The fraction of sp³-hybridized carbons (Fsp3) is 0.526. The fourth-order valence-corrected chi connectivity index (χ4v) is 2.85. The predicted molar refractivity (Wildman–Crippen MR) is 122 cm³/mol. The zero-order valence-corrected chi connectivity index (χ0v) is 18.9. The van der Waals surface area contributed by atoms with E-state index in [9.17, 15) is 24.0 Å². The molecule has 1 aromatic rings. The number of guanidine groups is 1. The molecule has 0 bridgehead atoms. The van der Waals surface area contributed by atoms with Gasteiger partial charge in [-0.2, -0.15) is 0 Å². The van der Waals surface area contributed by atoms with Crippen LogP contribution in [0.25, 0.3) is 0 Å². The second-order valence-electron chi connectivity index (χ2n) is 7.50. The molecule has 0 saturated carbocycles. The lowest BCUT2D eigenvalue weighted by Gasteiger charge is -2.23. The minimum atomic E-state index is -1.35. The molecular formula is C19H31N9O7. The molecule has 16 heteroatoms. The van der Waals surface area contributed by atoms with E-state index in [2.05, 4.69) is 30.9 Å². The molecule has 0 aliphatic heterocycles. The van der Waals surface area contributed by atoms with E-state index < -0.39 is 60.8 Å². The Bertz CT molecular complexity index is 900. The van der Waals surface area contributed by atoms with Gasteiger partial charge in [0.1, 0.15) is 18.6 Å². The summed E-state index contributed by atoms with van der Waals surface area (Å²) in [5.41, 5.74) is 16.9. The summed E-state index contributed by atoms with van der Waals surface area (Å²) < 4.78 is 0. The average Bonchev–Trinajstić information content (AvgIpc) is 3.29. The molecule has 0 aromatic carbocycles. The number of aromatic nitrogens is 2. The van der Waals surface area contributed by atoms with E-state index >= 15 is 0 Å². The van der Waals surface area contributed by atoms with Gasteiger partial charge in [-0.15, -0.1) is 0 Å². The number of rotatable bonds is 16. The number of H-pyrrole nitrogens is 1. The summed E-state index contributed by atoms with van der Waals surface area (Å²) in [6, 6.07) is -3.54. The van der Waals surface area contributed by atoms with Crippen molar-refractivity contribution in [1.29, 1.82) is 0 Å². The monoisotopic (exact) mass is 497 g/mol. The third kappa shape index (κ3) is 12.0. The molecule has 1 rings (SSSR count). The van der Waals surface area contributed by atoms with Crippen molar-refractivity contribution in [2.75, 3.05) is 13.1 Å². The summed E-state index contributed by atoms with van der Waals surface area (Å²) in [6.07, 6.45) is 2.62. The minimum Gasteiger partial charge on any atom is -0.481 e. The summed E-state index contributed by atoms with van der Waals surface area (Å²) in [5, 5.41) is 24.7. The highest BCUT2D eigenvalue weighted by atomic mass is 16.4. The average molecular weight is 498 g/mol. The number of imidazole rings is 1. The number of amides is 3. The Morgan fingerprint density at radius 1 is 1.00 bits per heavy atom. The van der Waals surface area contributed by atoms with E-state index in [0.717, 1.165) is 0 Å². The Labute approximate surface area is 200 Å². The lowest BCUT2D eigenvalue weighted by Crippen LogP contribution is -2.56. The number of carboxylic acids is 2. The first kappa shape index (κ1) is 28.8. The van der Waals surface area contributed by atoms with Crippen LogP contribution in [0, 0.1) is 0 Å². The van der Waals surface area contributed by atoms with Crippen LogP contribution in [0.1, 0.15) is 31.4 Å². The quantitative estimate of drug-likeness (QED) is 0.0610. The van der Waals surface area contributed by atoms with Crippen LogP contribution in [0.2, 0.25) is 0 Å². The maximum atomic E-state index is 13.0. The molecule has 16 nitrogen and oxygen atoms in total. The van der Waals surface area contributed by atoms with Gasteiger partial charge < -0.3 is 48.3 Å². The molecule has 0 aliphatic rings. The van der Waals surface area contributed by atoms with Gasteiger partial charge in [0.25, 0.3) is 0 Å². The minimum absolute atomic E-state index is 0.0410. The number of carboxylic acid groups (broad SMARTS) is 2. The van der Waals surface area contributed by atoms with Crippen molar-refractivity contribution in [1.82, 2.24) is 25.9 Å². The van der Waals surface area contributed by atoms with E-state index in [1.165, 1.54) is 12.5 Å². The number of carbonyl (C=O) groups is 5. The van der Waals surface area contributed by atoms with Crippen molar-refractivity contribution >= 4 is 35.6 Å². The van der Waals surface area contributed by atoms with Gasteiger partial charge in [-0.05, 0) is 19.3 Å². The number of carbonyl (C=O) groups excluding carboxylic acids is 3. The van der Waals surface area contributed by atoms with Gasteiger partial charge in [0, 0.05) is 31.3 Å². The smallest absolute Gasteiger partial charge is 0.322 e. The topological polar surface area (TPSA) is 281 Å². The van der Waals surface area contributed by atoms with Crippen molar-refractivity contribution in [3.63, 3.8) is 0 Å². The molecule has 194 valence electrons. The molecule has 1 heterocycles. The Kier molecular flexibility index (Phi) is 12.2. The lowest BCUT2D eigenvalue weighted by molar-refractivity contribution is -0.140. The second kappa shape index (κ2) is 14.8. The van der Waals surface area contributed by atoms with Crippen LogP contribution in [-0.2, 0) is 30.4 Å². The van der Waals surface area contributed by atoms with Crippen molar-refractivity contribution < 1.29 is 34.2 Å². The highest BCUT2D eigenvalue weighted by Gasteiger charge is 2.29. The number of aromatic amines is 1. The van der Waals surface area contributed by atoms with Gasteiger partial charge >= 0.3 is 11.9 Å². The van der Waals surface area contributed by atoms with Crippen molar-refractivity contribution in [2.45, 2.75) is 50.2 Å². The molecule has 0 saturated heterocycles. The molecule has 12 N–H and O–H groups in total. The summed E-state index contributed by atoms with van der Waals surface area (Å²) >= 11 is 0. The van der Waals surface area contributed by atoms with Crippen LogP contribution >= 0.6 is 0 Å². The van der Waals surface area contributed by atoms with Crippen molar-refractivity contribution in [3.05, 3.63) is 18.2 Å². The normalized spacial score (nSPS) is 13.1. The molecule has 0 spiro atoms. The van der Waals surface area contributed by atoms with Crippen LogP contribution in [0.4, 0.5) is 0 Å². The Morgan fingerprint density at radius 3 is 2.26 bits per heavy atom. The zero-order valence-electron chi connectivity index (χ0n) is 18.9. The molecule has 3 unspecified atom stereocenters. The van der Waals surface area contributed by atoms with E-state index in [0.29, 0.717) is 12.1 Å². The predicted octanol–water partition coefficient (Wildman–Crippen LogP) is -3.63. The van der Waals surface area contributed by atoms with E-state index in [1.54, 1.807) is 0 Å². The fourth-order valence-electron chi connectivity index (χ4n) is 2.85. The van der Waals surface area contributed by atoms with E-state index in [4.69, 9.17) is 27.4 Å². The summed E-state index contributed by atoms with van der Waals surface area (Å²) in [7, 11) is 0. The highest BCUT2D eigenvalue weighted by Crippen LogP contribution is 2.05. The maximum Gasteiger partial charge on any atom is 0.322 e. The van der Waals surface area contributed by atoms with E-state index in [-0.39, 0.29) is 31.8 Å². The molecule has 1 aromatic heterocycles. The van der Waals surface area contributed by atoms with Crippen LogP contribution < -0.4 is 33.2 Å². The standard InChI is InChI=1S/C19H31N9O7/c20-11(2-1-5-24-19(21)22)16(33)28-13(6-10-7-23-9-26-10)18(35)27-12(3-4-14(29)30)17(34)25-8-15(31)32/h7,9,11-13H,1-6,8,20H2,(H,23,26)(H,25,34)(H,27,35)(H,28,33)(H,29,30)(H,31,32)(H4,21,22,24). The van der Waals surface area contributed by atoms with E-state index in [1.807, 2.05) is 0 Å². The number of hydrogen-bond acceptors (Lipinski definition) is 8. The third-order valence-electron chi connectivity index (χ3n) is 4.61. The van der Waals surface area contributed by atoms with Crippen LogP contribution in [-0.4, -0.2) is 87.0 Å². The number of hydrogen-bond donors (Lipinski definition) is 9. The van der Waals surface area contributed by atoms with Gasteiger partial charge in [0.2, 0.25) is 17.7 Å². The Hall–Kier alpha value is -4.21. The van der Waals surface area contributed by atoms with Gasteiger partial charge in [-0.25, -0.2) is 4.98 Å². The molecule has 0 radical (unpaired) electrons. The molecular weight excluding hydrogens is 466 g/mol. The Balaban J connectivity index is 2.91. The summed E-state index contributed by atoms with van der Waals surface area (Å²) in [6.45, 7) is -0.459. The van der Waals surface area contributed by atoms with Crippen LogP contribution in [0.3, 0.4) is 0 Å². The van der Waals surface area contributed by atoms with Crippen molar-refractivity contribution in [2.24, 2.45) is 22.2 Å². The number of nitrogens with one attached hydrogen (secondary N) is 4. The highest BCUT2D eigenvalue weighted by molar-refractivity contribution is 5.94. The molecule has 3 amide bonds. The molecule has 0 fully saturated rings.